The summed E-state index contributed by atoms with van der Waals surface area (Å²) in [5.74, 6) is 2.15. The molecule has 0 radical (unpaired) electrons. The van der Waals surface area contributed by atoms with Crippen molar-refractivity contribution in [2.24, 2.45) is 4.99 Å². The number of carbonyl (C=O) groups excluding carboxylic acids is 1. The lowest BCUT2D eigenvalue weighted by atomic mass is 10.2. The number of nitrogens with zero attached hydrogens (tertiary/aromatic N) is 1. The van der Waals surface area contributed by atoms with E-state index in [9.17, 15) is 4.79 Å². The van der Waals surface area contributed by atoms with Gasteiger partial charge in [-0.2, -0.15) is 0 Å². The highest BCUT2D eigenvalue weighted by Gasteiger charge is 2.15. The summed E-state index contributed by atoms with van der Waals surface area (Å²) >= 11 is 0. The van der Waals surface area contributed by atoms with Crippen LogP contribution in [-0.4, -0.2) is 57.0 Å². The molecule has 0 aliphatic heterocycles. The summed E-state index contributed by atoms with van der Waals surface area (Å²) in [6.45, 7) is 11.6. The number of benzene rings is 1. The van der Waals surface area contributed by atoms with Crippen molar-refractivity contribution in [3.05, 3.63) is 24.3 Å². The first-order chi connectivity index (χ1) is 13.2. The summed E-state index contributed by atoms with van der Waals surface area (Å²) in [5.41, 5.74) is -0.507. The molecule has 0 aromatic heterocycles. The first-order valence-electron chi connectivity index (χ1n) is 9.53. The predicted molar refractivity (Wildman–Crippen MR) is 127 cm³/mol. The number of guanidine groups is 1. The third kappa shape index (κ3) is 13.0. The van der Waals surface area contributed by atoms with Crippen LogP contribution >= 0.6 is 24.0 Å². The van der Waals surface area contributed by atoms with Crippen molar-refractivity contribution < 1.29 is 19.0 Å². The molecular weight excluding hydrogens is 487 g/mol. The Balaban J connectivity index is 0.00000784. The van der Waals surface area contributed by atoms with Gasteiger partial charge in [0.1, 0.15) is 23.2 Å². The standard InChI is InChI=1S/C20H34N4O4.HI/c1-7-21-18(22-11-12-23-19(25)28-20(3,4)5)24-14-15(2)27-17-10-8-9-16(13-17)26-6;/h8-10,13,15H,7,11-12,14H2,1-6H3,(H,23,25)(H2,21,22,24);1H. The smallest absolute Gasteiger partial charge is 0.407 e. The molecule has 0 heterocycles. The summed E-state index contributed by atoms with van der Waals surface area (Å²) in [5, 5.41) is 9.04. The maximum Gasteiger partial charge on any atom is 0.407 e. The number of methoxy groups -OCH3 is 1. The summed E-state index contributed by atoms with van der Waals surface area (Å²) in [4.78, 5) is 16.2. The van der Waals surface area contributed by atoms with Gasteiger partial charge >= 0.3 is 6.09 Å². The Hall–Kier alpha value is -1.91. The fourth-order valence-corrected chi connectivity index (χ4v) is 2.17. The quantitative estimate of drug-likeness (QED) is 0.200. The molecule has 29 heavy (non-hydrogen) atoms. The van der Waals surface area contributed by atoms with Crippen molar-refractivity contribution in [1.82, 2.24) is 16.0 Å². The van der Waals surface area contributed by atoms with Crippen LogP contribution in [0.3, 0.4) is 0 Å². The average molecular weight is 522 g/mol. The van der Waals surface area contributed by atoms with Crippen molar-refractivity contribution in [2.75, 3.05) is 33.3 Å². The van der Waals surface area contributed by atoms with E-state index in [-0.39, 0.29) is 30.1 Å². The number of hydrogen-bond donors (Lipinski definition) is 3. The van der Waals surface area contributed by atoms with Crippen LogP contribution in [0, 0.1) is 0 Å². The third-order valence-electron chi connectivity index (χ3n) is 3.31. The lowest BCUT2D eigenvalue weighted by molar-refractivity contribution is 0.0529. The number of nitrogens with one attached hydrogen (secondary N) is 3. The van der Waals surface area contributed by atoms with Gasteiger partial charge in [-0.05, 0) is 46.8 Å². The third-order valence-corrected chi connectivity index (χ3v) is 3.31. The first kappa shape index (κ1) is 27.1. The Morgan fingerprint density at radius 1 is 1.14 bits per heavy atom. The second kappa shape index (κ2) is 14.1. The first-order valence-corrected chi connectivity index (χ1v) is 9.53. The Labute approximate surface area is 191 Å². The minimum Gasteiger partial charge on any atom is -0.497 e. The summed E-state index contributed by atoms with van der Waals surface area (Å²) in [6.07, 6.45) is -0.543. The SMILES string of the molecule is CCNC(=NCC(C)Oc1cccc(OC)c1)NCCNC(=O)OC(C)(C)C.I. The Morgan fingerprint density at radius 2 is 1.79 bits per heavy atom. The van der Waals surface area contributed by atoms with Gasteiger partial charge in [-0.15, -0.1) is 24.0 Å². The molecule has 1 rings (SSSR count). The van der Waals surface area contributed by atoms with Gasteiger partial charge in [0.05, 0.1) is 13.7 Å². The van der Waals surface area contributed by atoms with Crippen molar-refractivity contribution in [2.45, 2.75) is 46.3 Å². The predicted octanol–water partition coefficient (Wildman–Crippen LogP) is 3.16. The molecule has 1 amide bonds. The molecule has 1 aromatic rings. The maximum absolute atomic E-state index is 11.6. The molecule has 1 unspecified atom stereocenters. The molecular formula is C20H35IN4O4. The van der Waals surface area contributed by atoms with Gasteiger partial charge < -0.3 is 30.2 Å². The summed E-state index contributed by atoms with van der Waals surface area (Å²) in [6, 6.07) is 7.47. The normalized spacial score (nSPS) is 12.3. The van der Waals surface area contributed by atoms with E-state index in [1.54, 1.807) is 7.11 Å². The highest BCUT2D eigenvalue weighted by Crippen LogP contribution is 2.19. The molecule has 0 aliphatic rings. The van der Waals surface area contributed by atoms with Crippen LogP contribution in [-0.2, 0) is 4.74 Å². The fraction of sp³-hybridized carbons (Fsp3) is 0.600. The summed E-state index contributed by atoms with van der Waals surface area (Å²) < 4.78 is 16.3. The van der Waals surface area contributed by atoms with Gasteiger partial charge in [0.2, 0.25) is 0 Å². The molecule has 1 aromatic carbocycles. The number of halogens is 1. The molecule has 0 fully saturated rings. The van der Waals surface area contributed by atoms with Gasteiger partial charge in [-0.1, -0.05) is 6.07 Å². The van der Waals surface area contributed by atoms with Crippen LogP contribution in [0.4, 0.5) is 4.79 Å². The van der Waals surface area contributed by atoms with Gasteiger partial charge in [0.25, 0.3) is 0 Å². The van der Waals surface area contributed by atoms with Crippen LogP contribution in [0.5, 0.6) is 11.5 Å². The molecule has 0 saturated carbocycles. The molecule has 0 spiro atoms. The molecule has 0 aliphatic carbocycles. The summed E-state index contributed by atoms with van der Waals surface area (Å²) in [7, 11) is 1.62. The number of rotatable bonds is 9. The zero-order valence-electron chi connectivity index (χ0n) is 18.2. The molecule has 9 heteroatoms. The van der Waals surface area contributed by atoms with Crippen molar-refractivity contribution in [3.63, 3.8) is 0 Å². The molecule has 166 valence electrons. The topological polar surface area (TPSA) is 93.2 Å². The van der Waals surface area contributed by atoms with Gasteiger partial charge in [-0.25, -0.2) is 9.79 Å². The van der Waals surface area contributed by atoms with E-state index in [0.717, 1.165) is 18.0 Å². The Kier molecular flexibility index (Phi) is 13.2. The second-order valence-corrected chi connectivity index (χ2v) is 7.18. The van der Waals surface area contributed by atoms with E-state index in [2.05, 4.69) is 20.9 Å². The number of alkyl carbamates (subject to hydrolysis) is 1. The molecule has 0 bridgehead atoms. The van der Waals surface area contributed by atoms with E-state index in [0.29, 0.717) is 25.6 Å². The molecule has 1 atom stereocenters. The minimum absolute atomic E-state index is 0. The van der Waals surface area contributed by atoms with Crippen LogP contribution in [0.1, 0.15) is 34.6 Å². The van der Waals surface area contributed by atoms with Crippen LogP contribution in [0.25, 0.3) is 0 Å². The zero-order valence-corrected chi connectivity index (χ0v) is 20.5. The molecule has 0 saturated heterocycles. The largest absolute Gasteiger partial charge is 0.497 e. The number of amides is 1. The van der Waals surface area contributed by atoms with Crippen molar-refractivity contribution in [1.29, 1.82) is 0 Å². The van der Waals surface area contributed by atoms with Crippen LogP contribution in [0.15, 0.2) is 29.3 Å². The highest BCUT2D eigenvalue weighted by atomic mass is 127. The number of carbonyl (C=O) groups is 1. The van der Waals surface area contributed by atoms with E-state index >= 15 is 0 Å². The average Bonchev–Trinajstić information content (AvgIpc) is 2.61. The molecule has 3 N–H and O–H groups in total. The monoisotopic (exact) mass is 522 g/mol. The van der Waals surface area contributed by atoms with E-state index in [1.807, 2.05) is 58.9 Å². The lowest BCUT2D eigenvalue weighted by Crippen LogP contribution is -2.42. The van der Waals surface area contributed by atoms with Crippen molar-refractivity contribution >= 4 is 36.0 Å². The molecule has 8 nitrogen and oxygen atoms in total. The van der Waals surface area contributed by atoms with E-state index < -0.39 is 11.7 Å². The minimum atomic E-state index is -0.507. The number of ether oxygens (including phenoxy) is 3. The van der Waals surface area contributed by atoms with Crippen molar-refractivity contribution in [3.8, 4) is 11.5 Å². The fourth-order valence-electron chi connectivity index (χ4n) is 2.17. The van der Waals surface area contributed by atoms with E-state index in [1.165, 1.54) is 0 Å². The number of aliphatic imine (C=N–C) groups is 1. The lowest BCUT2D eigenvalue weighted by Gasteiger charge is -2.20. The van der Waals surface area contributed by atoms with Crippen LogP contribution in [0.2, 0.25) is 0 Å². The van der Waals surface area contributed by atoms with Gasteiger partial charge in [0.15, 0.2) is 5.96 Å². The van der Waals surface area contributed by atoms with E-state index in [4.69, 9.17) is 14.2 Å². The van der Waals surface area contributed by atoms with Crippen LogP contribution < -0.4 is 25.4 Å². The maximum atomic E-state index is 11.6. The second-order valence-electron chi connectivity index (χ2n) is 7.18. The van der Waals surface area contributed by atoms with Gasteiger partial charge in [0, 0.05) is 25.7 Å². The zero-order chi connectivity index (χ0) is 21.0. The number of hydrogen-bond acceptors (Lipinski definition) is 5. The Morgan fingerprint density at radius 3 is 2.41 bits per heavy atom. The highest BCUT2D eigenvalue weighted by molar-refractivity contribution is 14.0. The Bertz CT molecular complexity index is 635. The van der Waals surface area contributed by atoms with Gasteiger partial charge in [-0.3, -0.25) is 0 Å².